The Balaban J connectivity index is 1.83. The number of carbonyl (C=O) groups excluding carboxylic acids is 1. The summed E-state index contributed by atoms with van der Waals surface area (Å²) in [5, 5.41) is 0. The Morgan fingerprint density at radius 3 is 2.23 bits per heavy atom. The van der Waals surface area contributed by atoms with Gasteiger partial charge >= 0.3 is 5.97 Å². The van der Waals surface area contributed by atoms with Crippen LogP contribution in [-0.4, -0.2) is 17.6 Å². The molecular weight excluding hydrogens is 322 g/mol. The number of ether oxygens (including phenoxy) is 1. The lowest BCUT2D eigenvalue weighted by atomic mass is 9.68. The van der Waals surface area contributed by atoms with E-state index in [4.69, 9.17) is 4.74 Å². The lowest BCUT2D eigenvalue weighted by molar-refractivity contribution is 0.0526. The Kier molecular flexibility index (Phi) is 4.21. The predicted molar refractivity (Wildman–Crippen MR) is 103 cm³/mol. The fourth-order valence-corrected chi connectivity index (χ4v) is 3.79. The minimum absolute atomic E-state index is 0.258. The van der Waals surface area contributed by atoms with Crippen molar-refractivity contribution in [3.63, 3.8) is 0 Å². The maximum Gasteiger partial charge on any atom is 0.340 e. The summed E-state index contributed by atoms with van der Waals surface area (Å²) in [6, 6.07) is 21.0. The van der Waals surface area contributed by atoms with Crippen LogP contribution < -0.4 is 0 Å². The molecule has 0 saturated carbocycles. The van der Waals surface area contributed by atoms with Crippen LogP contribution >= 0.6 is 0 Å². The van der Waals surface area contributed by atoms with Gasteiger partial charge in [-0.15, -0.1) is 0 Å². The Bertz CT molecular complexity index is 899. The molecule has 0 unspecified atom stereocenters. The smallest absolute Gasteiger partial charge is 0.340 e. The monoisotopic (exact) mass is 343 g/mol. The molecule has 0 bridgehead atoms. The average molecular weight is 343 g/mol. The van der Waals surface area contributed by atoms with E-state index < -0.39 is 0 Å². The third kappa shape index (κ3) is 2.66. The van der Waals surface area contributed by atoms with Gasteiger partial charge in [0.1, 0.15) is 0 Å². The molecule has 1 aliphatic carbocycles. The Morgan fingerprint density at radius 2 is 1.65 bits per heavy atom. The van der Waals surface area contributed by atoms with Crippen molar-refractivity contribution in [2.24, 2.45) is 0 Å². The topological polar surface area (TPSA) is 42.1 Å². The molecule has 1 aliphatic rings. The molecule has 0 fully saturated rings. The molecule has 1 aromatic heterocycles. The number of hydrogen-bond acceptors (Lipinski definition) is 2. The Morgan fingerprint density at radius 1 is 1.04 bits per heavy atom. The number of aromatic nitrogens is 1. The second-order valence-corrected chi connectivity index (χ2v) is 6.53. The van der Waals surface area contributed by atoms with Gasteiger partial charge in [-0.25, -0.2) is 4.79 Å². The van der Waals surface area contributed by atoms with Crippen LogP contribution in [0.1, 0.15) is 39.7 Å². The number of nitrogens with one attached hydrogen (secondary N) is 1. The zero-order valence-corrected chi connectivity index (χ0v) is 14.7. The summed E-state index contributed by atoms with van der Waals surface area (Å²) < 4.78 is 5.18. The first-order valence-electron chi connectivity index (χ1n) is 8.92. The first-order valence-corrected chi connectivity index (χ1v) is 8.92. The van der Waals surface area contributed by atoms with Crippen molar-refractivity contribution in [1.82, 2.24) is 4.98 Å². The molecule has 0 spiro atoms. The number of rotatable bonds is 4. The second-order valence-electron chi connectivity index (χ2n) is 6.53. The Hall–Kier alpha value is -3.07. The summed E-state index contributed by atoms with van der Waals surface area (Å²) in [6.07, 6.45) is 6.81. The molecule has 0 aliphatic heterocycles. The van der Waals surface area contributed by atoms with E-state index >= 15 is 0 Å². The normalized spacial score (nSPS) is 14.7. The maximum atomic E-state index is 12.2. The van der Waals surface area contributed by atoms with Crippen molar-refractivity contribution in [2.45, 2.75) is 18.8 Å². The van der Waals surface area contributed by atoms with Crippen LogP contribution in [0.2, 0.25) is 0 Å². The maximum absolute atomic E-state index is 12.2. The average Bonchev–Trinajstić information content (AvgIpc) is 3.12. The predicted octanol–water partition coefficient (Wildman–Crippen LogP) is 4.75. The standard InChI is InChI=1S/C23H21NO2/c1-2-26-22(25)20-16-24-21-15-23(14-13-19(20)21,17-9-5-3-6-10-17)18-11-7-4-8-12-18/h3-14,16,24H,2,15H2,1H3. The van der Waals surface area contributed by atoms with E-state index in [0.717, 1.165) is 17.7 Å². The molecule has 130 valence electrons. The van der Waals surface area contributed by atoms with E-state index in [-0.39, 0.29) is 11.4 Å². The van der Waals surface area contributed by atoms with Crippen LogP contribution in [0.4, 0.5) is 0 Å². The zero-order valence-electron chi connectivity index (χ0n) is 14.7. The van der Waals surface area contributed by atoms with Gasteiger partial charge in [0.2, 0.25) is 0 Å². The SMILES string of the molecule is CCOC(=O)c1c[nH]c2c1C=CC(c1ccccc1)(c1ccccc1)C2. The fraction of sp³-hybridized carbons (Fsp3) is 0.174. The quantitative estimate of drug-likeness (QED) is 0.695. The molecule has 2 aromatic carbocycles. The highest BCUT2D eigenvalue weighted by atomic mass is 16.5. The molecule has 3 heteroatoms. The summed E-state index contributed by atoms with van der Waals surface area (Å²) in [5.41, 5.74) is 4.81. The molecular formula is C23H21NO2. The lowest BCUT2D eigenvalue weighted by Gasteiger charge is -2.34. The zero-order chi connectivity index (χ0) is 18.0. The van der Waals surface area contributed by atoms with Crippen LogP contribution in [0.3, 0.4) is 0 Å². The van der Waals surface area contributed by atoms with Crippen LogP contribution in [-0.2, 0) is 16.6 Å². The van der Waals surface area contributed by atoms with Gasteiger partial charge in [0.15, 0.2) is 0 Å². The number of H-pyrrole nitrogens is 1. The number of allylic oxidation sites excluding steroid dienone is 1. The van der Waals surface area contributed by atoms with Gasteiger partial charge in [-0.1, -0.05) is 72.8 Å². The lowest BCUT2D eigenvalue weighted by Crippen LogP contribution is -2.30. The first kappa shape index (κ1) is 16.4. The Labute approximate surface area is 153 Å². The number of benzene rings is 2. The minimum Gasteiger partial charge on any atom is -0.462 e. The van der Waals surface area contributed by atoms with Gasteiger partial charge < -0.3 is 9.72 Å². The van der Waals surface area contributed by atoms with Gasteiger partial charge in [0, 0.05) is 29.3 Å². The molecule has 1 N–H and O–H groups in total. The van der Waals surface area contributed by atoms with E-state index in [0.29, 0.717) is 12.2 Å². The van der Waals surface area contributed by atoms with Gasteiger partial charge in [-0.2, -0.15) is 0 Å². The van der Waals surface area contributed by atoms with Crippen LogP contribution in [0.15, 0.2) is 72.9 Å². The third-order valence-corrected chi connectivity index (χ3v) is 5.07. The van der Waals surface area contributed by atoms with Crippen molar-refractivity contribution < 1.29 is 9.53 Å². The molecule has 3 nitrogen and oxygen atoms in total. The van der Waals surface area contributed by atoms with Gasteiger partial charge in [0.25, 0.3) is 0 Å². The highest BCUT2D eigenvalue weighted by Crippen LogP contribution is 2.42. The highest BCUT2D eigenvalue weighted by Gasteiger charge is 2.36. The van der Waals surface area contributed by atoms with Crippen molar-refractivity contribution in [3.8, 4) is 0 Å². The van der Waals surface area contributed by atoms with Gasteiger partial charge in [-0.05, 0) is 18.1 Å². The van der Waals surface area contributed by atoms with Crippen molar-refractivity contribution in [1.29, 1.82) is 0 Å². The first-order chi connectivity index (χ1) is 12.7. The fourth-order valence-electron chi connectivity index (χ4n) is 3.79. The number of esters is 1. The number of carbonyl (C=O) groups is 1. The van der Waals surface area contributed by atoms with E-state index in [1.807, 2.05) is 19.1 Å². The van der Waals surface area contributed by atoms with Crippen LogP contribution in [0, 0.1) is 0 Å². The summed E-state index contributed by atoms with van der Waals surface area (Å²) in [4.78, 5) is 15.5. The van der Waals surface area contributed by atoms with Crippen molar-refractivity contribution in [3.05, 3.63) is 101 Å². The number of aromatic amines is 1. The number of fused-ring (bicyclic) bond motifs is 1. The van der Waals surface area contributed by atoms with Crippen LogP contribution in [0.5, 0.6) is 0 Å². The molecule has 0 amide bonds. The molecule has 1 heterocycles. The molecule has 4 rings (SSSR count). The summed E-state index contributed by atoms with van der Waals surface area (Å²) in [5.74, 6) is -0.276. The van der Waals surface area contributed by atoms with E-state index in [9.17, 15) is 4.79 Å². The van der Waals surface area contributed by atoms with Crippen LogP contribution in [0.25, 0.3) is 6.08 Å². The molecule has 26 heavy (non-hydrogen) atoms. The molecule has 0 atom stereocenters. The third-order valence-electron chi connectivity index (χ3n) is 5.07. The molecule has 0 saturated heterocycles. The van der Waals surface area contributed by atoms with Crippen molar-refractivity contribution in [2.75, 3.05) is 6.61 Å². The largest absolute Gasteiger partial charge is 0.462 e. The van der Waals surface area contributed by atoms with E-state index in [2.05, 4.69) is 65.7 Å². The van der Waals surface area contributed by atoms with Crippen molar-refractivity contribution >= 4 is 12.0 Å². The van der Waals surface area contributed by atoms with Gasteiger partial charge in [-0.3, -0.25) is 0 Å². The summed E-state index contributed by atoms with van der Waals surface area (Å²) in [7, 11) is 0. The summed E-state index contributed by atoms with van der Waals surface area (Å²) in [6.45, 7) is 2.20. The molecule has 3 aromatic rings. The van der Waals surface area contributed by atoms with E-state index in [1.54, 1.807) is 6.20 Å². The minimum atomic E-state index is -0.276. The number of hydrogen-bond donors (Lipinski definition) is 1. The second kappa shape index (κ2) is 6.68. The summed E-state index contributed by atoms with van der Waals surface area (Å²) >= 11 is 0. The molecule has 0 radical (unpaired) electrons. The highest BCUT2D eigenvalue weighted by molar-refractivity contribution is 5.94. The van der Waals surface area contributed by atoms with Gasteiger partial charge in [0.05, 0.1) is 12.2 Å². The van der Waals surface area contributed by atoms with E-state index in [1.165, 1.54) is 11.1 Å².